The summed E-state index contributed by atoms with van der Waals surface area (Å²) in [6.07, 6.45) is 4.01. The van der Waals surface area contributed by atoms with E-state index in [0.717, 1.165) is 48.3 Å². The molecular weight excluding hydrogens is 380 g/mol. The molecule has 1 amide bonds. The third-order valence-corrected chi connectivity index (χ3v) is 5.40. The molecule has 3 rings (SSSR count). The number of fused-ring (bicyclic) bond motifs is 1. The Balaban J connectivity index is 1.77. The van der Waals surface area contributed by atoms with Crippen LogP contribution in [0, 0.1) is 6.92 Å². The molecule has 6 heteroatoms. The van der Waals surface area contributed by atoms with Gasteiger partial charge in [0.05, 0.1) is 19.3 Å². The zero-order valence-corrected chi connectivity index (χ0v) is 18.4. The Bertz CT molecular complexity index is 916. The maximum absolute atomic E-state index is 12.9. The normalized spacial score (nSPS) is 14.2. The van der Waals surface area contributed by atoms with Crippen LogP contribution in [0.25, 0.3) is 0 Å². The summed E-state index contributed by atoms with van der Waals surface area (Å²) in [5.41, 5.74) is 3.74. The number of carbonyl (C=O) groups is 2. The van der Waals surface area contributed by atoms with Gasteiger partial charge in [0.2, 0.25) is 0 Å². The topological polar surface area (TPSA) is 80.4 Å². The lowest BCUT2D eigenvalue weighted by atomic mass is 9.94. The maximum Gasteiger partial charge on any atom is 0.268 e. The van der Waals surface area contributed by atoms with Crippen LogP contribution in [0.4, 0.5) is 0 Å². The van der Waals surface area contributed by atoms with Gasteiger partial charge in [0.1, 0.15) is 5.69 Å². The molecule has 1 aromatic heterocycles. The highest BCUT2D eigenvalue weighted by molar-refractivity contribution is 6.04. The fourth-order valence-corrected chi connectivity index (χ4v) is 3.80. The fraction of sp³-hybridized carbons (Fsp3) is 0.500. The standard InChI is InChI=1S/C24H32N2O4/c1-5-12-29-20-11-10-17(14-21(20)30-13-6-2)16(4)25-24(28)23-15(3)22-18(26-23)8-7-9-19(22)27/h10-11,14,16,26H,5-9,12-13H2,1-4H3,(H,25,28). The summed E-state index contributed by atoms with van der Waals surface area (Å²) in [6.45, 7) is 9.13. The van der Waals surface area contributed by atoms with Gasteiger partial charge in [-0.3, -0.25) is 9.59 Å². The number of aryl methyl sites for hydroxylation is 1. The highest BCUT2D eigenvalue weighted by Gasteiger charge is 2.27. The summed E-state index contributed by atoms with van der Waals surface area (Å²) in [6, 6.07) is 5.56. The first kappa shape index (κ1) is 21.9. The quantitative estimate of drug-likeness (QED) is 0.613. The molecule has 1 aliphatic rings. The van der Waals surface area contributed by atoms with Gasteiger partial charge in [-0.05, 0) is 62.8 Å². The van der Waals surface area contributed by atoms with E-state index >= 15 is 0 Å². The number of ether oxygens (including phenoxy) is 2. The van der Waals surface area contributed by atoms with Crippen molar-refractivity contribution in [2.45, 2.75) is 65.8 Å². The van der Waals surface area contributed by atoms with Crippen molar-refractivity contribution in [1.82, 2.24) is 10.3 Å². The second-order valence-electron chi connectivity index (χ2n) is 7.85. The number of hydrogen-bond acceptors (Lipinski definition) is 4. The van der Waals surface area contributed by atoms with Crippen LogP contribution < -0.4 is 14.8 Å². The predicted octanol–water partition coefficient (Wildman–Crippen LogP) is 4.91. The fourth-order valence-electron chi connectivity index (χ4n) is 3.80. The van der Waals surface area contributed by atoms with Crippen molar-refractivity contribution >= 4 is 11.7 Å². The van der Waals surface area contributed by atoms with E-state index in [1.807, 2.05) is 32.0 Å². The first-order chi connectivity index (χ1) is 14.5. The largest absolute Gasteiger partial charge is 0.490 e. The van der Waals surface area contributed by atoms with Gasteiger partial charge >= 0.3 is 0 Å². The van der Waals surface area contributed by atoms with E-state index < -0.39 is 0 Å². The van der Waals surface area contributed by atoms with E-state index in [4.69, 9.17) is 9.47 Å². The zero-order valence-electron chi connectivity index (χ0n) is 18.4. The molecule has 0 aliphatic heterocycles. The van der Waals surface area contributed by atoms with Gasteiger partial charge in [-0.15, -0.1) is 0 Å². The van der Waals surface area contributed by atoms with Gasteiger partial charge in [0.25, 0.3) is 5.91 Å². The van der Waals surface area contributed by atoms with Crippen LogP contribution in [-0.2, 0) is 6.42 Å². The maximum atomic E-state index is 12.9. The van der Waals surface area contributed by atoms with Crippen molar-refractivity contribution < 1.29 is 19.1 Å². The van der Waals surface area contributed by atoms with Crippen LogP contribution in [0.3, 0.4) is 0 Å². The van der Waals surface area contributed by atoms with Gasteiger partial charge in [-0.1, -0.05) is 19.9 Å². The molecule has 2 aromatic rings. The number of ketones is 1. The molecule has 0 spiro atoms. The van der Waals surface area contributed by atoms with E-state index in [1.165, 1.54) is 0 Å². The van der Waals surface area contributed by atoms with E-state index in [0.29, 0.717) is 36.6 Å². The SMILES string of the molecule is CCCOc1ccc(C(C)NC(=O)c2[nH]c3c(c2C)C(=O)CCC3)cc1OCCC. The number of carbonyl (C=O) groups excluding carboxylic acids is 2. The Morgan fingerprint density at radius 2 is 1.83 bits per heavy atom. The van der Waals surface area contributed by atoms with Crippen molar-refractivity contribution in [3.05, 3.63) is 46.3 Å². The van der Waals surface area contributed by atoms with Crippen molar-refractivity contribution in [2.75, 3.05) is 13.2 Å². The molecule has 0 radical (unpaired) electrons. The van der Waals surface area contributed by atoms with Gasteiger partial charge in [-0.25, -0.2) is 0 Å². The lowest BCUT2D eigenvalue weighted by Crippen LogP contribution is -2.27. The summed E-state index contributed by atoms with van der Waals surface area (Å²) < 4.78 is 11.7. The van der Waals surface area contributed by atoms with E-state index in [9.17, 15) is 9.59 Å². The van der Waals surface area contributed by atoms with Gasteiger partial charge in [-0.2, -0.15) is 0 Å². The first-order valence-electron chi connectivity index (χ1n) is 10.9. The highest BCUT2D eigenvalue weighted by atomic mass is 16.5. The molecule has 1 aromatic carbocycles. The third-order valence-electron chi connectivity index (χ3n) is 5.40. The molecule has 0 fully saturated rings. The Morgan fingerprint density at radius 1 is 1.13 bits per heavy atom. The van der Waals surface area contributed by atoms with E-state index in [1.54, 1.807) is 0 Å². The minimum Gasteiger partial charge on any atom is -0.490 e. The molecule has 162 valence electrons. The average molecular weight is 413 g/mol. The lowest BCUT2D eigenvalue weighted by molar-refractivity contribution is 0.0934. The van der Waals surface area contributed by atoms with Gasteiger partial charge < -0.3 is 19.8 Å². The minimum atomic E-state index is -0.225. The monoisotopic (exact) mass is 412 g/mol. The third kappa shape index (κ3) is 4.69. The lowest BCUT2D eigenvalue weighted by Gasteiger charge is -2.18. The predicted molar refractivity (Wildman–Crippen MR) is 117 cm³/mol. The molecule has 0 saturated carbocycles. The van der Waals surface area contributed by atoms with Gasteiger partial charge in [0.15, 0.2) is 17.3 Å². The molecule has 6 nitrogen and oxygen atoms in total. The van der Waals surface area contributed by atoms with E-state index in [2.05, 4.69) is 24.1 Å². The molecular formula is C24H32N2O4. The van der Waals surface area contributed by atoms with Crippen molar-refractivity contribution in [2.24, 2.45) is 0 Å². The van der Waals surface area contributed by atoms with E-state index in [-0.39, 0.29) is 17.7 Å². The Kier molecular flexibility index (Phi) is 7.19. The second kappa shape index (κ2) is 9.83. The summed E-state index contributed by atoms with van der Waals surface area (Å²) in [7, 11) is 0. The summed E-state index contributed by atoms with van der Waals surface area (Å²) in [5.74, 6) is 1.34. The molecule has 1 unspecified atom stereocenters. The highest BCUT2D eigenvalue weighted by Crippen LogP contribution is 2.31. The summed E-state index contributed by atoms with van der Waals surface area (Å²) in [4.78, 5) is 28.4. The smallest absolute Gasteiger partial charge is 0.268 e. The number of Topliss-reactive ketones (excluding diaryl/α,β-unsaturated/α-hetero) is 1. The number of aromatic nitrogens is 1. The van der Waals surface area contributed by atoms with Crippen LogP contribution in [0.5, 0.6) is 11.5 Å². The van der Waals surface area contributed by atoms with Crippen molar-refractivity contribution in [3.8, 4) is 11.5 Å². The molecule has 0 bridgehead atoms. The number of benzene rings is 1. The summed E-state index contributed by atoms with van der Waals surface area (Å²) >= 11 is 0. The van der Waals surface area contributed by atoms with Crippen LogP contribution >= 0.6 is 0 Å². The zero-order chi connectivity index (χ0) is 21.7. The van der Waals surface area contributed by atoms with Crippen LogP contribution in [0.1, 0.15) is 90.2 Å². The summed E-state index contributed by atoms with van der Waals surface area (Å²) in [5, 5.41) is 3.05. The van der Waals surface area contributed by atoms with Gasteiger partial charge in [0, 0.05) is 17.7 Å². The van der Waals surface area contributed by atoms with Crippen LogP contribution in [0.2, 0.25) is 0 Å². The molecule has 1 aliphatic carbocycles. The number of nitrogens with one attached hydrogen (secondary N) is 2. The number of hydrogen-bond donors (Lipinski definition) is 2. The minimum absolute atomic E-state index is 0.123. The average Bonchev–Trinajstić information content (AvgIpc) is 3.08. The molecule has 1 atom stereocenters. The second-order valence-corrected chi connectivity index (χ2v) is 7.85. The van der Waals surface area contributed by atoms with Crippen molar-refractivity contribution in [1.29, 1.82) is 0 Å². The number of rotatable bonds is 9. The van der Waals surface area contributed by atoms with Crippen molar-refractivity contribution in [3.63, 3.8) is 0 Å². The molecule has 30 heavy (non-hydrogen) atoms. The Labute approximate surface area is 178 Å². The van der Waals surface area contributed by atoms with Crippen LogP contribution in [0.15, 0.2) is 18.2 Å². The Hall–Kier alpha value is -2.76. The number of amides is 1. The number of aromatic amines is 1. The van der Waals surface area contributed by atoms with Crippen LogP contribution in [-0.4, -0.2) is 29.9 Å². The molecule has 2 N–H and O–H groups in total. The molecule has 1 heterocycles. The number of H-pyrrole nitrogens is 1. The Morgan fingerprint density at radius 3 is 2.50 bits per heavy atom. The molecule has 0 saturated heterocycles. The first-order valence-corrected chi connectivity index (χ1v) is 10.9.